The number of benzene rings is 1. The minimum absolute atomic E-state index is 0.136. The second kappa shape index (κ2) is 7.48. The molecule has 0 amide bonds. The number of rotatable bonds is 7. The first-order chi connectivity index (χ1) is 10.1. The van der Waals surface area contributed by atoms with Gasteiger partial charge in [0.25, 0.3) is 0 Å². The van der Waals surface area contributed by atoms with Crippen LogP contribution in [0.1, 0.15) is 28.6 Å². The third kappa shape index (κ3) is 4.48. The molecule has 0 radical (unpaired) electrons. The molecule has 0 aliphatic carbocycles. The minimum Gasteiger partial charge on any atom is -0.303 e. The van der Waals surface area contributed by atoms with Gasteiger partial charge in [-0.1, -0.05) is 18.2 Å². The van der Waals surface area contributed by atoms with E-state index < -0.39 is 5.82 Å². The van der Waals surface area contributed by atoms with Crippen molar-refractivity contribution in [1.29, 1.82) is 0 Å². The van der Waals surface area contributed by atoms with Crippen molar-refractivity contribution in [3.05, 3.63) is 58.0 Å². The van der Waals surface area contributed by atoms with Crippen LogP contribution in [0, 0.1) is 5.82 Å². The standard InChI is InChI=1S/C17H20FNOS/c1-13(12-14-6-5-11-21-14)19(2)10-9-17(20)15-7-3-4-8-16(15)18/h3-8,11,13H,9-10,12H2,1-2H3. The molecule has 1 atom stereocenters. The highest BCUT2D eigenvalue weighted by atomic mass is 32.1. The highest BCUT2D eigenvalue weighted by Gasteiger charge is 2.15. The van der Waals surface area contributed by atoms with Crippen LogP contribution in [0.15, 0.2) is 41.8 Å². The van der Waals surface area contributed by atoms with Crippen LogP contribution in [0.5, 0.6) is 0 Å². The molecule has 4 heteroatoms. The number of hydrogen-bond donors (Lipinski definition) is 0. The molecule has 21 heavy (non-hydrogen) atoms. The van der Waals surface area contributed by atoms with E-state index in [0.29, 0.717) is 19.0 Å². The van der Waals surface area contributed by atoms with Crippen LogP contribution in [-0.4, -0.2) is 30.3 Å². The van der Waals surface area contributed by atoms with Gasteiger partial charge in [0.1, 0.15) is 5.82 Å². The zero-order valence-electron chi connectivity index (χ0n) is 12.4. The normalized spacial score (nSPS) is 12.6. The monoisotopic (exact) mass is 305 g/mol. The molecule has 112 valence electrons. The largest absolute Gasteiger partial charge is 0.303 e. The number of Topliss-reactive ketones (excluding diaryl/α,β-unsaturated/α-hetero) is 1. The lowest BCUT2D eigenvalue weighted by Crippen LogP contribution is -2.32. The fraction of sp³-hybridized carbons (Fsp3) is 0.353. The number of likely N-dealkylation sites (N-methyl/N-ethyl adjacent to an activating group) is 1. The highest BCUT2D eigenvalue weighted by Crippen LogP contribution is 2.14. The Hall–Kier alpha value is -1.52. The lowest BCUT2D eigenvalue weighted by molar-refractivity contribution is 0.0958. The summed E-state index contributed by atoms with van der Waals surface area (Å²) in [7, 11) is 2.01. The Kier molecular flexibility index (Phi) is 5.65. The van der Waals surface area contributed by atoms with Gasteiger partial charge in [0.05, 0.1) is 5.56 Å². The van der Waals surface area contributed by atoms with Crippen LogP contribution in [0.25, 0.3) is 0 Å². The number of nitrogens with zero attached hydrogens (tertiary/aromatic N) is 1. The topological polar surface area (TPSA) is 20.3 Å². The van der Waals surface area contributed by atoms with Crippen molar-refractivity contribution in [2.24, 2.45) is 0 Å². The van der Waals surface area contributed by atoms with Crippen molar-refractivity contribution < 1.29 is 9.18 Å². The molecular weight excluding hydrogens is 285 g/mol. The van der Waals surface area contributed by atoms with Crippen LogP contribution < -0.4 is 0 Å². The van der Waals surface area contributed by atoms with Crippen LogP contribution in [0.2, 0.25) is 0 Å². The Morgan fingerprint density at radius 3 is 2.71 bits per heavy atom. The summed E-state index contributed by atoms with van der Waals surface area (Å²) in [6.07, 6.45) is 1.31. The Balaban J connectivity index is 1.84. The lowest BCUT2D eigenvalue weighted by atomic mass is 10.1. The number of halogens is 1. The second-order valence-electron chi connectivity index (χ2n) is 5.27. The van der Waals surface area contributed by atoms with Crippen molar-refractivity contribution in [3.63, 3.8) is 0 Å². The molecule has 1 aromatic carbocycles. The molecule has 0 saturated heterocycles. The summed E-state index contributed by atoms with van der Waals surface area (Å²) in [5.74, 6) is -0.569. The van der Waals surface area contributed by atoms with Gasteiger partial charge in [-0.15, -0.1) is 11.3 Å². The quantitative estimate of drug-likeness (QED) is 0.720. The van der Waals surface area contributed by atoms with Gasteiger partial charge in [-0.2, -0.15) is 0 Å². The van der Waals surface area contributed by atoms with Crippen LogP contribution in [0.4, 0.5) is 4.39 Å². The average Bonchev–Trinajstić information content (AvgIpc) is 2.97. The Labute approximate surface area is 129 Å². The molecule has 0 spiro atoms. The first kappa shape index (κ1) is 15.9. The smallest absolute Gasteiger partial charge is 0.167 e. The number of carbonyl (C=O) groups is 1. The van der Waals surface area contributed by atoms with E-state index in [1.54, 1.807) is 29.5 Å². The molecular formula is C17H20FNOS. The zero-order chi connectivity index (χ0) is 15.2. The minimum atomic E-state index is -0.434. The fourth-order valence-electron chi connectivity index (χ4n) is 2.20. The maximum Gasteiger partial charge on any atom is 0.167 e. The second-order valence-corrected chi connectivity index (χ2v) is 6.30. The molecule has 1 unspecified atom stereocenters. The van der Waals surface area contributed by atoms with Gasteiger partial charge in [-0.05, 0) is 44.0 Å². The number of ketones is 1. The summed E-state index contributed by atoms with van der Waals surface area (Å²) in [6, 6.07) is 10.7. The molecule has 2 nitrogen and oxygen atoms in total. The third-order valence-corrected chi connectivity index (χ3v) is 4.59. The number of thiophene rings is 1. The van der Waals surface area contributed by atoms with E-state index >= 15 is 0 Å². The van der Waals surface area contributed by atoms with E-state index in [-0.39, 0.29) is 11.3 Å². The van der Waals surface area contributed by atoms with Gasteiger partial charge in [0.2, 0.25) is 0 Å². The van der Waals surface area contributed by atoms with Crippen LogP contribution >= 0.6 is 11.3 Å². The van der Waals surface area contributed by atoms with Gasteiger partial charge >= 0.3 is 0 Å². The van der Waals surface area contributed by atoms with E-state index in [4.69, 9.17) is 0 Å². The predicted molar refractivity (Wildman–Crippen MR) is 85.5 cm³/mol. The van der Waals surface area contributed by atoms with Crippen molar-refractivity contribution in [2.75, 3.05) is 13.6 Å². The summed E-state index contributed by atoms with van der Waals surface area (Å²) in [4.78, 5) is 15.5. The maximum atomic E-state index is 13.5. The van der Waals surface area contributed by atoms with Gasteiger partial charge in [-0.3, -0.25) is 4.79 Å². The Morgan fingerprint density at radius 2 is 2.05 bits per heavy atom. The number of hydrogen-bond acceptors (Lipinski definition) is 3. The summed E-state index contributed by atoms with van der Waals surface area (Å²) in [5.41, 5.74) is 0.191. The molecule has 2 rings (SSSR count). The first-order valence-corrected chi connectivity index (χ1v) is 7.96. The summed E-state index contributed by atoms with van der Waals surface area (Å²) < 4.78 is 13.5. The van der Waals surface area contributed by atoms with Gasteiger partial charge in [-0.25, -0.2) is 4.39 Å². The summed E-state index contributed by atoms with van der Waals surface area (Å²) >= 11 is 1.75. The third-order valence-electron chi connectivity index (χ3n) is 3.69. The first-order valence-electron chi connectivity index (χ1n) is 7.08. The van der Waals surface area contributed by atoms with E-state index in [9.17, 15) is 9.18 Å². The van der Waals surface area contributed by atoms with Crippen molar-refractivity contribution in [2.45, 2.75) is 25.8 Å². The molecule has 0 fully saturated rings. The average molecular weight is 305 g/mol. The highest BCUT2D eigenvalue weighted by molar-refractivity contribution is 7.09. The molecule has 1 heterocycles. The summed E-state index contributed by atoms with van der Waals surface area (Å²) in [5, 5.41) is 2.07. The molecule has 0 bridgehead atoms. The SMILES string of the molecule is CC(Cc1cccs1)N(C)CCC(=O)c1ccccc1F. The van der Waals surface area contributed by atoms with Gasteiger partial charge < -0.3 is 4.90 Å². The fourth-order valence-corrected chi connectivity index (χ4v) is 3.02. The molecule has 0 aliphatic heterocycles. The molecule has 0 saturated carbocycles. The van der Waals surface area contributed by atoms with E-state index in [2.05, 4.69) is 29.3 Å². The van der Waals surface area contributed by atoms with Crippen molar-refractivity contribution in [3.8, 4) is 0 Å². The zero-order valence-corrected chi connectivity index (χ0v) is 13.2. The van der Waals surface area contributed by atoms with Crippen molar-refractivity contribution in [1.82, 2.24) is 4.90 Å². The molecule has 1 aromatic heterocycles. The molecule has 0 aliphatic rings. The number of carbonyl (C=O) groups excluding carboxylic acids is 1. The maximum absolute atomic E-state index is 13.5. The summed E-state index contributed by atoms with van der Waals surface area (Å²) in [6.45, 7) is 2.78. The lowest BCUT2D eigenvalue weighted by Gasteiger charge is -2.24. The Morgan fingerprint density at radius 1 is 1.29 bits per heavy atom. The van der Waals surface area contributed by atoms with E-state index in [1.165, 1.54) is 10.9 Å². The van der Waals surface area contributed by atoms with E-state index in [0.717, 1.165) is 6.42 Å². The predicted octanol–water partition coefficient (Wildman–Crippen LogP) is 4.02. The Bertz CT molecular complexity index is 582. The molecule has 2 aromatic rings. The van der Waals surface area contributed by atoms with Crippen LogP contribution in [-0.2, 0) is 6.42 Å². The van der Waals surface area contributed by atoms with Crippen molar-refractivity contribution >= 4 is 17.1 Å². The van der Waals surface area contributed by atoms with Crippen LogP contribution in [0.3, 0.4) is 0 Å². The van der Waals surface area contributed by atoms with Gasteiger partial charge in [0, 0.05) is 23.9 Å². The van der Waals surface area contributed by atoms with Gasteiger partial charge in [0.15, 0.2) is 5.78 Å². The molecule has 0 N–H and O–H groups in total. The van der Waals surface area contributed by atoms with E-state index in [1.807, 2.05) is 7.05 Å².